The molecule has 0 unspecified atom stereocenters. The number of rotatable bonds is 4. The molecule has 14 heavy (non-hydrogen) atoms. The molecule has 0 aliphatic carbocycles. The van der Waals surface area contributed by atoms with Crippen molar-refractivity contribution >= 4 is 5.78 Å². The van der Waals surface area contributed by atoms with Crippen LogP contribution in [0.2, 0.25) is 0 Å². The fourth-order valence-corrected chi connectivity index (χ4v) is 1.69. The second-order valence-corrected chi connectivity index (χ2v) is 4.53. The van der Waals surface area contributed by atoms with Gasteiger partial charge in [0.15, 0.2) is 5.78 Å². The molecule has 0 aromatic heterocycles. The highest BCUT2D eigenvalue weighted by atomic mass is 16.1. The quantitative estimate of drug-likeness (QED) is 0.687. The fourth-order valence-electron chi connectivity index (χ4n) is 1.69. The van der Waals surface area contributed by atoms with E-state index in [1.807, 2.05) is 0 Å². The van der Waals surface area contributed by atoms with E-state index in [1.165, 1.54) is 6.42 Å². The average molecular weight is 195 g/mol. The topological polar surface area (TPSA) is 20.3 Å². The van der Waals surface area contributed by atoms with E-state index in [4.69, 9.17) is 0 Å². The lowest BCUT2D eigenvalue weighted by Crippen LogP contribution is -2.26. The summed E-state index contributed by atoms with van der Waals surface area (Å²) in [6, 6.07) is 0. The predicted molar refractivity (Wildman–Crippen MR) is 59.0 cm³/mol. The third-order valence-electron chi connectivity index (χ3n) is 2.68. The number of allylic oxidation sites excluding steroid dienone is 1. The highest BCUT2D eigenvalue weighted by Gasteiger charge is 2.12. The van der Waals surface area contributed by atoms with Gasteiger partial charge in [-0.15, -0.1) is 0 Å². The molecule has 2 nitrogen and oxygen atoms in total. The Morgan fingerprint density at radius 3 is 2.86 bits per heavy atom. The van der Waals surface area contributed by atoms with Crippen LogP contribution in [0.5, 0.6) is 0 Å². The number of carbonyl (C=O) groups is 1. The molecule has 0 saturated heterocycles. The van der Waals surface area contributed by atoms with Crippen molar-refractivity contribution in [1.29, 1.82) is 0 Å². The highest BCUT2D eigenvalue weighted by molar-refractivity contribution is 5.93. The Hall–Kier alpha value is -0.790. The van der Waals surface area contributed by atoms with Gasteiger partial charge in [0, 0.05) is 24.9 Å². The van der Waals surface area contributed by atoms with Gasteiger partial charge >= 0.3 is 0 Å². The zero-order valence-electron chi connectivity index (χ0n) is 9.55. The van der Waals surface area contributed by atoms with Crippen LogP contribution in [-0.4, -0.2) is 23.8 Å². The van der Waals surface area contributed by atoms with Gasteiger partial charge in [0.25, 0.3) is 0 Å². The van der Waals surface area contributed by atoms with Crippen LogP contribution in [0, 0.1) is 5.92 Å². The maximum atomic E-state index is 11.2. The number of Topliss-reactive ketones (excluding diaryl/α,β-unsaturated/α-hetero) is 1. The van der Waals surface area contributed by atoms with Crippen LogP contribution in [0.1, 0.15) is 40.0 Å². The molecule has 1 rings (SSSR count). The molecule has 0 aromatic rings. The average Bonchev–Trinajstić information content (AvgIpc) is 2.15. The Balaban J connectivity index is 2.46. The monoisotopic (exact) mass is 195 g/mol. The fraction of sp³-hybridized carbons (Fsp3) is 0.750. The van der Waals surface area contributed by atoms with Crippen molar-refractivity contribution in [1.82, 2.24) is 4.90 Å². The smallest absolute Gasteiger partial charge is 0.157 e. The molecule has 2 heteroatoms. The third-order valence-corrected chi connectivity index (χ3v) is 2.68. The summed E-state index contributed by atoms with van der Waals surface area (Å²) >= 11 is 0. The van der Waals surface area contributed by atoms with E-state index in [2.05, 4.69) is 24.9 Å². The van der Waals surface area contributed by atoms with Gasteiger partial charge in [0.2, 0.25) is 0 Å². The molecule has 0 radical (unpaired) electrons. The Morgan fingerprint density at radius 1 is 1.57 bits per heavy atom. The minimum absolute atomic E-state index is 0.235. The van der Waals surface area contributed by atoms with Crippen molar-refractivity contribution in [2.75, 3.05) is 13.1 Å². The molecule has 1 aliphatic rings. The van der Waals surface area contributed by atoms with Crippen molar-refractivity contribution in [2.24, 2.45) is 5.92 Å². The maximum Gasteiger partial charge on any atom is 0.157 e. The molecule has 0 saturated carbocycles. The van der Waals surface area contributed by atoms with E-state index >= 15 is 0 Å². The van der Waals surface area contributed by atoms with Gasteiger partial charge in [-0.1, -0.05) is 13.8 Å². The minimum Gasteiger partial charge on any atom is -0.377 e. The summed E-state index contributed by atoms with van der Waals surface area (Å²) in [5.74, 6) is 0.977. The number of hydrogen-bond acceptors (Lipinski definition) is 2. The molecule has 0 fully saturated rings. The van der Waals surface area contributed by atoms with Crippen molar-refractivity contribution in [2.45, 2.75) is 40.0 Å². The first kappa shape index (κ1) is 11.3. The van der Waals surface area contributed by atoms with Gasteiger partial charge in [0.1, 0.15) is 0 Å². The molecule has 0 amide bonds. The van der Waals surface area contributed by atoms with Crippen LogP contribution in [-0.2, 0) is 4.79 Å². The summed E-state index contributed by atoms with van der Waals surface area (Å²) in [5, 5.41) is 0. The normalized spacial score (nSPS) is 17.1. The minimum atomic E-state index is 0.235. The van der Waals surface area contributed by atoms with E-state index in [9.17, 15) is 4.79 Å². The summed E-state index contributed by atoms with van der Waals surface area (Å²) in [6.07, 6.45) is 5.37. The summed E-state index contributed by atoms with van der Waals surface area (Å²) in [7, 11) is 0. The number of carbonyl (C=O) groups excluding carboxylic acids is 1. The summed E-state index contributed by atoms with van der Waals surface area (Å²) in [5.41, 5.74) is 1.00. The molecule has 0 N–H and O–H groups in total. The second-order valence-electron chi connectivity index (χ2n) is 4.53. The standard InChI is InChI=1S/C12H21NO/c1-10(2)6-8-13-7-4-5-12(9-13)11(3)14/h9-10H,4-8H2,1-3H3. The summed E-state index contributed by atoms with van der Waals surface area (Å²) < 4.78 is 0. The Labute approximate surface area is 87.0 Å². The van der Waals surface area contributed by atoms with Crippen LogP contribution in [0.15, 0.2) is 11.8 Å². The molecule has 0 bridgehead atoms. The number of ketones is 1. The first-order chi connectivity index (χ1) is 6.59. The first-order valence-electron chi connectivity index (χ1n) is 5.55. The lowest BCUT2D eigenvalue weighted by Gasteiger charge is -2.26. The SMILES string of the molecule is CC(=O)C1=CN(CCC(C)C)CCC1. The third kappa shape index (κ3) is 3.52. The molecule has 0 spiro atoms. The molecule has 1 heterocycles. The van der Waals surface area contributed by atoms with Crippen molar-refractivity contribution in [3.05, 3.63) is 11.8 Å². The lowest BCUT2D eigenvalue weighted by atomic mass is 10.0. The van der Waals surface area contributed by atoms with E-state index in [0.29, 0.717) is 0 Å². The van der Waals surface area contributed by atoms with Crippen LogP contribution < -0.4 is 0 Å². The van der Waals surface area contributed by atoms with Crippen LogP contribution in [0.25, 0.3) is 0 Å². The Morgan fingerprint density at radius 2 is 2.29 bits per heavy atom. The van der Waals surface area contributed by atoms with E-state index in [1.54, 1.807) is 6.92 Å². The molecule has 0 aromatic carbocycles. The molecular weight excluding hydrogens is 174 g/mol. The zero-order valence-corrected chi connectivity index (χ0v) is 9.55. The van der Waals surface area contributed by atoms with Gasteiger partial charge in [0.05, 0.1) is 0 Å². The lowest BCUT2D eigenvalue weighted by molar-refractivity contribution is -0.113. The molecule has 0 atom stereocenters. The second kappa shape index (κ2) is 5.18. The van der Waals surface area contributed by atoms with Crippen molar-refractivity contribution in [3.8, 4) is 0 Å². The molecule has 80 valence electrons. The maximum absolute atomic E-state index is 11.2. The molecular formula is C12H21NO. The van der Waals surface area contributed by atoms with E-state index < -0.39 is 0 Å². The number of nitrogens with zero attached hydrogens (tertiary/aromatic N) is 1. The van der Waals surface area contributed by atoms with Crippen molar-refractivity contribution in [3.63, 3.8) is 0 Å². The number of hydrogen-bond donors (Lipinski definition) is 0. The van der Waals surface area contributed by atoms with Crippen LogP contribution in [0.4, 0.5) is 0 Å². The highest BCUT2D eigenvalue weighted by Crippen LogP contribution is 2.16. The van der Waals surface area contributed by atoms with E-state index in [-0.39, 0.29) is 5.78 Å². The summed E-state index contributed by atoms with van der Waals surface area (Å²) in [6.45, 7) is 8.34. The van der Waals surface area contributed by atoms with Gasteiger partial charge in [-0.25, -0.2) is 0 Å². The summed E-state index contributed by atoms with van der Waals surface area (Å²) in [4.78, 5) is 13.5. The van der Waals surface area contributed by atoms with Gasteiger partial charge in [-0.05, 0) is 32.1 Å². The first-order valence-corrected chi connectivity index (χ1v) is 5.55. The van der Waals surface area contributed by atoms with Gasteiger partial charge in [-0.2, -0.15) is 0 Å². The Kier molecular flexibility index (Phi) is 4.18. The Bertz CT molecular complexity index is 230. The van der Waals surface area contributed by atoms with Crippen molar-refractivity contribution < 1.29 is 4.79 Å². The predicted octanol–water partition coefficient (Wildman–Crippen LogP) is 2.60. The molecule has 1 aliphatic heterocycles. The zero-order chi connectivity index (χ0) is 10.6. The van der Waals surface area contributed by atoms with Gasteiger partial charge in [-0.3, -0.25) is 4.79 Å². The van der Waals surface area contributed by atoms with Crippen LogP contribution in [0.3, 0.4) is 0 Å². The van der Waals surface area contributed by atoms with Gasteiger partial charge < -0.3 is 4.90 Å². The van der Waals surface area contributed by atoms with Crippen LogP contribution >= 0.6 is 0 Å². The van der Waals surface area contributed by atoms with E-state index in [0.717, 1.165) is 37.4 Å². The largest absolute Gasteiger partial charge is 0.377 e.